The predicted molar refractivity (Wildman–Crippen MR) is 39.4 cm³/mol. The van der Waals surface area contributed by atoms with Gasteiger partial charge in [-0.1, -0.05) is 19.7 Å². The third-order valence-corrected chi connectivity index (χ3v) is 2.07. The highest BCUT2D eigenvalue weighted by atomic mass is 31.2. The van der Waals surface area contributed by atoms with Gasteiger partial charge >= 0.3 is 0 Å². The quantitative estimate of drug-likeness (QED) is 0.648. The monoisotopic (exact) mass is 186 g/mol. The Balaban J connectivity index is 2.78. The second-order valence-electron chi connectivity index (χ2n) is 2.44. The highest BCUT2D eigenvalue weighted by Crippen LogP contribution is 2.29. The lowest BCUT2D eigenvalue weighted by Crippen LogP contribution is -2.15. The minimum atomic E-state index is -4.48. The number of rotatable bonds is 2. The fourth-order valence-electron chi connectivity index (χ4n) is 0.825. The molecule has 0 spiro atoms. The molecule has 4 nitrogen and oxygen atoms in total. The van der Waals surface area contributed by atoms with Crippen LogP contribution in [0.5, 0.6) is 5.75 Å². The molecule has 1 N–H and O–H groups in total. The van der Waals surface area contributed by atoms with Crippen LogP contribution in [0.3, 0.4) is 0 Å². The molecule has 0 fully saturated rings. The smallest absolute Gasteiger partial charge is 0.115 e. The van der Waals surface area contributed by atoms with Crippen molar-refractivity contribution >= 4 is 7.60 Å². The normalized spacial score (nSPS) is 11.5. The average Bonchev–Trinajstić information content (AvgIpc) is 1.91. The lowest BCUT2D eigenvalue weighted by molar-refractivity contribution is -0.314. The summed E-state index contributed by atoms with van der Waals surface area (Å²) in [6, 6.07) is 5.48. The number of benzene rings is 1. The summed E-state index contributed by atoms with van der Waals surface area (Å²) in [4.78, 5) is 20.6. The topological polar surface area (TPSA) is 83.4 Å². The Labute approximate surface area is 69.6 Å². The van der Waals surface area contributed by atoms with Crippen LogP contribution in [0.4, 0.5) is 0 Å². The summed E-state index contributed by atoms with van der Waals surface area (Å²) in [7, 11) is -4.48. The lowest BCUT2D eigenvalue weighted by Gasteiger charge is -2.29. The van der Waals surface area contributed by atoms with E-state index in [2.05, 4.69) is 0 Å². The van der Waals surface area contributed by atoms with Gasteiger partial charge in [0.25, 0.3) is 0 Å². The van der Waals surface area contributed by atoms with Crippen LogP contribution in [-0.4, -0.2) is 5.11 Å². The summed E-state index contributed by atoms with van der Waals surface area (Å²) in [5.41, 5.74) is 0.390. The van der Waals surface area contributed by atoms with E-state index in [1.807, 2.05) is 0 Å². The number of hydrogen-bond acceptors (Lipinski definition) is 4. The van der Waals surface area contributed by atoms with Gasteiger partial charge in [0.15, 0.2) is 0 Å². The van der Waals surface area contributed by atoms with Crippen LogP contribution in [0, 0.1) is 0 Å². The molecule has 0 aliphatic heterocycles. The first-order chi connectivity index (χ1) is 5.47. The maximum Gasteiger partial charge on any atom is 0.115 e. The van der Waals surface area contributed by atoms with Gasteiger partial charge in [0.1, 0.15) is 5.75 Å². The molecule has 0 saturated carbocycles. The zero-order valence-corrected chi connectivity index (χ0v) is 7.03. The second-order valence-corrected chi connectivity index (χ2v) is 3.97. The van der Waals surface area contributed by atoms with Gasteiger partial charge in [-0.3, -0.25) is 0 Å². The molecule has 1 aromatic rings. The van der Waals surface area contributed by atoms with Crippen molar-refractivity contribution in [1.82, 2.24) is 0 Å². The van der Waals surface area contributed by atoms with Gasteiger partial charge in [0.2, 0.25) is 0 Å². The van der Waals surface area contributed by atoms with Crippen molar-refractivity contribution in [3.05, 3.63) is 29.8 Å². The van der Waals surface area contributed by atoms with Crippen molar-refractivity contribution in [2.75, 3.05) is 0 Å². The van der Waals surface area contributed by atoms with E-state index < -0.39 is 13.8 Å². The molecule has 1 aromatic carbocycles. The van der Waals surface area contributed by atoms with E-state index in [-0.39, 0.29) is 5.75 Å². The number of hydrogen-bond donors (Lipinski definition) is 1. The maximum atomic E-state index is 10.3. The summed E-state index contributed by atoms with van der Waals surface area (Å²) in [5, 5.41) is 8.83. The Hall–Kier alpha value is -0.830. The van der Waals surface area contributed by atoms with Crippen molar-refractivity contribution in [3.8, 4) is 5.75 Å². The average molecular weight is 186 g/mol. The van der Waals surface area contributed by atoms with E-state index in [0.717, 1.165) is 0 Å². The summed E-state index contributed by atoms with van der Waals surface area (Å²) in [6.07, 6.45) is -0.507. The molecule has 0 unspecified atom stereocenters. The minimum absolute atomic E-state index is 0.0466. The molecule has 66 valence electrons. The molecule has 0 bridgehead atoms. The molecule has 0 amide bonds. The van der Waals surface area contributed by atoms with Crippen LogP contribution in [-0.2, 0) is 10.7 Å². The minimum Gasteiger partial charge on any atom is -0.810 e. The van der Waals surface area contributed by atoms with Crippen LogP contribution < -0.4 is 9.79 Å². The molecule has 0 heterocycles. The molecule has 0 aliphatic rings. The number of aromatic hydroxyl groups is 1. The molecule has 0 radical (unpaired) electrons. The third-order valence-electron chi connectivity index (χ3n) is 1.31. The Kier molecular flexibility index (Phi) is 2.52. The van der Waals surface area contributed by atoms with E-state index in [9.17, 15) is 14.4 Å². The van der Waals surface area contributed by atoms with Crippen molar-refractivity contribution in [1.29, 1.82) is 0 Å². The molecular formula is C7H7O4P-2. The van der Waals surface area contributed by atoms with Crippen molar-refractivity contribution in [2.24, 2.45) is 0 Å². The van der Waals surface area contributed by atoms with Crippen LogP contribution in [0.2, 0.25) is 0 Å². The van der Waals surface area contributed by atoms with E-state index in [0.29, 0.717) is 5.56 Å². The van der Waals surface area contributed by atoms with Gasteiger partial charge in [-0.05, 0) is 17.7 Å². The number of phenolic OH excluding ortho intramolecular Hbond substituents is 1. The fraction of sp³-hybridized carbons (Fsp3) is 0.143. The second kappa shape index (κ2) is 3.27. The maximum absolute atomic E-state index is 10.3. The molecule has 0 aromatic heterocycles. The largest absolute Gasteiger partial charge is 0.810 e. The summed E-state index contributed by atoms with van der Waals surface area (Å²) in [6.45, 7) is 0. The Morgan fingerprint density at radius 3 is 2.17 bits per heavy atom. The van der Waals surface area contributed by atoms with Crippen molar-refractivity contribution < 1.29 is 19.5 Å². The van der Waals surface area contributed by atoms with E-state index >= 15 is 0 Å². The van der Waals surface area contributed by atoms with Gasteiger partial charge in [0, 0.05) is 6.16 Å². The fourth-order valence-corrected chi connectivity index (χ4v) is 1.48. The molecule has 5 heteroatoms. The van der Waals surface area contributed by atoms with Crippen LogP contribution in [0.15, 0.2) is 24.3 Å². The lowest BCUT2D eigenvalue weighted by atomic mass is 10.2. The SMILES string of the molecule is O=P([O-])([O-])Cc1ccc(O)cc1. The van der Waals surface area contributed by atoms with Gasteiger partial charge < -0.3 is 19.5 Å². The van der Waals surface area contributed by atoms with E-state index in [4.69, 9.17) is 5.11 Å². The first-order valence-electron chi connectivity index (χ1n) is 3.26. The molecule has 0 atom stereocenters. The van der Waals surface area contributed by atoms with Crippen molar-refractivity contribution in [3.63, 3.8) is 0 Å². The van der Waals surface area contributed by atoms with E-state index in [1.165, 1.54) is 24.3 Å². The molecule has 0 aliphatic carbocycles. The van der Waals surface area contributed by atoms with Crippen LogP contribution >= 0.6 is 7.60 Å². The first kappa shape index (κ1) is 9.26. The highest BCUT2D eigenvalue weighted by molar-refractivity contribution is 7.47. The Morgan fingerprint density at radius 1 is 1.25 bits per heavy atom. The van der Waals surface area contributed by atoms with E-state index in [1.54, 1.807) is 0 Å². The number of phenols is 1. The van der Waals surface area contributed by atoms with Crippen molar-refractivity contribution in [2.45, 2.75) is 6.16 Å². The Morgan fingerprint density at radius 2 is 1.75 bits per heavy atom. The zero-order valence-electron chi connectivity index (χ0n) is 6.14. The molecule has 1 rings (SSSR count). The molecule has 0 saturated heterocycles. The van der Waals surface area contributed by atoms with Gasteiger partial charge in [-0.2, -0.15) is 0 Å². The third kappa shape index (κ3) is 3.05. The summed E-state index contributed by atoms with van der Waals surface area (Å²) in [5.74, 6) is 0.0466. The molecular weight excluding hydrogens is 179 g/mol. The van der Waals surface area contributed by atoms with Gasteiger partial charge in [0.05, 0.1) is 0 Å². The summed E-state index contributed by atoms with van der Waals surface area (Å²) >= 11 is 0. The molecule has 12 heavy (non-hydrogen) atoms. The predicted octanol–water partition coefficient (Wildman–Crippen LogP) is -0.194. The highest BCUT2D eigenvalue weighted by Gasteiger charge is 1.95. The zero-order chi connectivity index (χ0) is 9.19. The summed E-state index contributed by atoms with van der Waals surface area (Å²) < 4.78 is 10.3. The Bertz CT molecular complexity index is 300. The standard InChI is InChI=1S/C7H9O4P/c8-7-3-1-6(2-4-7)5-12(9,10)11/h1-4,8H,5H2,(H2,9,10,11)/p-2. The van der Waals surface area contributed by atoms with Gasteiger partial charge in [-0.15, -0.1) is 0 Å². The van der Waals surface area contributed by atoms with Gasteiger partial charge in [-0.25, -0.2) is 0 Å². The first-order valence-corrected chi connectivity index (χ1v) is 4.99. The van der Waals surface area contributed by atoms with Crippen LogP contribution in [0.25, 0.3) is 0 Å². The van der Waals surface area contributed by atoms with Crippen LogP contribution in [0.1, 0.15) is 5.56 Å².